The number of carbonyl (C=O) groups is 2. The topological polar surface area (TPSA) is 58.4 Å². The molecule has 1 aliphatic heterocycles. The molecule has 0 bridgehead atoms. The molecule has 5 rings (SSSR count). The first-order chi connectivity index (χ1) is 15.0. The third-order valence-electron chi connectivity index (χ3n) is 7.39. The van der Waals surface area contributed by atoms with Crippen LogP contribution in [0.3, 0.4) is 0 Å². The number of fused-ring (bicyclic) bond motifs is 1. The fourth-order valence-electron chi connectivity index (χ4n) is 5.67. The highest BCUT2D eigenvalue weighted by Crippen LogP contribution is 2.33. The Kier molecular flexibility index (Phi) is 5.32. The molecular weight excluding hydrogens is 388 g/mol. The fourth-order valence-corrected chi connectivity index (χ4v) is 5.67. The lowest BCUT2D eigenvalue weighted by atomic mass is 10.0. The average molecular weight is 421 g/mol. The van der Waals surface area contributed by atoms with E-state index in [0.29, 0.717) is 19.5 Å². The van der Waals surface area contributed by atoms with Gasteiger partial charge >= 0.3 is 0 Å². The molecule has 0 radical (unpaired) electrons. The average Bonchev–Trinajstić information content (AvgIpc) is 3.54. The van der Waals surface area contributed by atoms with Crippen molar-refractivity contribution in [3.05, 3.63) is 46.8 Å². The molecule has 1 aromatic heterocycles. The van der Waals surface area contributed by atoms with Gasteiger partial charge in [0.05, 0.1) is 18.2 Å². The zero-order chi connectivity index (χ0) is 21.5. The van der Waals surface area contributed by atoms with Gasteiger partial charge in [0.25, 0.3) is 0 Å². The monoisotopic (exact) mass is 420 g/mol. The molecule has 6 heteroatoms. The molecule has 2 aliphatic carbocycles. The Morgan fingerprint density at radius 3 is 2.61 bits per heavy atom. The first-order valence-electron chi connectivity index (χ1n) is 11.7. The highest BCUT2D eigenvalue weighted by atomic mass is 16.2. The van der Waals surface area contributed by atoms with Gasteiger partial charge in [-0.3, -0.25) is 14.3 Å². The van der Waals surface area contributed by atoms with Gasteiger partial charge in [-0.25, -0.2) is 0 Å². The van der Waals surface area contributed by atoms with Crippen LogP contribution in [0.1, 0.15) is 61.0 Å². The van der Waals surface area contributed by atoms with Crippen LogP contribution in [-0.2, 0) is 36.0 Å². The second kappa shape index (κ2) is 8.13. The van der Waals surface area contributed by atoms with Crippen molar-refractivity contribution in [2.24, 2.45) is 13.0 Å². The van der Waals surface area contributed by atoms with Crippen molar-refractivity contribution in [2.45, 2.75) is 70.9 Å². The van der Waals surface area contributed by atoms with Crippen LogP contribution in [-0.4, -0.2) is 39.1 Å². The van der Waals surface area contributed by atoms with Gasteiger partial charge in [-0.05, 0) is 56.7 Å². The van der Waals surface area contributed by atoms with E-state index in [9.17, 15) is 9.59 Å². The maximum Gasteiger partial charge on any atom is 0.228 e. The molecule has 1 saturated heterocycles. The molecule has 2 fully saturated rings. The van der Waals surface area contributed by atoms with Gasteiger partial charge in [-0.15, -0.1) is 0 Å². The summed E-state index contributed by atoms with van der Waals surface area (Å²) in [4.78, 5) is 30.4. The second-order valence-electron chi connectivity index (χ2n) is 9.49. The summed E-state index contributed by atoms with van der Waals surface area (Å²) in [6.45, 7) is 3.10. The van der Waals surface area contributed by atoms with E-state index in [2.05, 4.69) is 4.90 Å². The normalized spacial score (nSPS) is 21.2. The Balaban J connectivity index is 1.37. The predicted octanol–water partition coefficient (Wildman–Crippen LogP) is 3.54. The zero-order valence-corrected chi connectivity index (χ0v) is 18.6. The number of anilines is 1. The van der Waals surface area contributed by atoms with Gasteiger partial charge in [0.2, 0.25) is 11.8 Å². The number of carbonyl (C=O) groups excluding carboxylic acids is 2. The number of amides is 2. The quantitative estimate of drug-likeness (QED) is 0.743. The maximum absolute atomic E-state index is 13.7. The van der Waals surface area contributed by atoms with E-state index in [4.69, 9.17) is 5.10 Å². The summed E-state index contributed by atoms with van der Waals surface area (Å²) in [6.07, 6.45) is 8.09. The number of aryl methyl sites for hydroxylation is 2. The molecule has 0 N–H and O–H groups in total. The molecule has 0 spiro atoms. The first-order valence-corrected chi connectivity index (χ1v) is 11.7. The van der Waals surface area contributed by atoms with E-state index in [1.165, 1.54) is 36.1 Å². The van der Waals surface area contributed by atoms with E-state index in [1.807, 2.05) is 42.9 Å². The van der Waals surface area contributed by atoms with E-state index >= 15 is 0 Å². The summed E-state index contributed by atoms with van der Waals surface area (Å²) >= 11 is 0. The van der Waals surface area contributed by atoms with Crippen LogP contribution in [0.25, 0.3) is 0 Å². The minimum atomic E-state index is -0.272. The van der Waals surface area contributed by atoms with Crippen molar-refractivity contribution in [3.63, 3.8) is 0 Å². The molecule has 6 nitrogen and oxygen atoms in total. The SMILES string of the molecule is Cc1ccc(N2CC(C(=O)N(Cc3nn(C)c4c3CCC4)C3CCCC3)CC2=O)cc1. The van der Waals surface area contributed by atoms with Crippen LogP contribution >= 0.6 is 0 Å². The van der Waals surface area contributed by atoms with Crippen molar-refractivity contribution in [3.8, 4) is 0 Å². The Morgan fingerprint density at radius 2 is 1.87 bits per heavy atom. The summed E-state index contributed by atoms with van der Waals surface area (Å²) in [5, 5.41) is 4.78. The van der Waals surface area contributed by atoms with Crippen LogP contribution in [0.15, 0.2) is 24.3 Å². The van der Waals surface area contributed by atoms with Crippen molar-refractivity contribution < 1.29 is 9.59 Å². The molecule has 3 aliphatic rings. The van der Waals surface area contributed by atoms with Gasteiger partial charge < -0.3 is 9.80 Å². The number of hydrogen-bond acceptors (Lipinski definition) is 3. The van der Waals surface area contributed by atoms with Gasteiger partial charge in [0, 0.05) is 37.4 Å². The summed E-state index contributed by atoms with van der Waals surface area (Å²) in [5.74, 6) is -0.0919. The van der Waals surface area contributed by atoms with E-state index in [1.54, 1.807) is 4.90 Å². The van der Waals surface area contributed by atoms with Crippen molar-refractivity contribution in [1.29, 1.82) is 0 Å². The van der Waals surface area contributed by atoms with Crippen LogP contribution in [0.2, 0.25) is 0 Å². The molecule has 1 aromatic carbocycles. The van der Waals surface area contributed by atoms with Crippen LogP contribution in [0.5, 0.6) is 0 Å². The highest BCUT2D eigenvalue weighted by Gasteiger charge is 2.40. The van der Waals surface area contributed by atoms with Crippen LogP contribution in [0, 0.1) is 12.8 Å². The van der Waals surface area contributed by atoms with Gasteiger partial charge in [-0.2, -0.15) is 5.10 Å². The number of nitrogens with zero attached hydrogens (tertiary/aromatic N) is 4. The molecule has 164 valence electrons. The number of hydrogen-bond donors (Lipinski definition) is 0. The Labute approximate surface area is 184 Å². The highest BCUT2D eigenvalue weighted by molar-refractivity contribution is 6.00. The molecule has 1 saturated carbocycles. The van der Waals surface area contributed by atoms with Gasteiger partial charge in [-0.1, -0.05) is 30.5 Å². The fraction of sp³-hybridized carbons (Fsp3) is 0.560. The van der Waals surface area contributed by atoms with E-state index in [0.717, 1.165) is 37.1 Å². The lowest BCUT2D eigenvalue weighted by Crippen LogP contribution is -2.43. The number of aromatic nitrogens is 2. The largest absolute Gasteiger partial charge is 0.333 e. The first kappa shape index (κ1) is 20.3. The smallest absolute Gasteiger partial charge is 0.228 e. The number of rotatable bonds is 5. The standard InChI is InChI=1S/C25H32N4O2/c1-17-10-12-20(13-11-17)28-15-18(14-24(28)30)25(31)29(19-6-3-4-7-19)16-22-21-8-5-9-23(21)27(2)26-22/h10-13,18-19H,3-9,14-16H2,1-2H3. The molecule has 2 aromatic rings. The third-order valence-corrected chi connectivity index (χ3v) is 7.39. The molecule has 1 atom stereocenters. The Hall–Kier alpha value is -2.63. The van der Waals surface area contributed by atoms with Crippen LogP contribution < -0.4 is 4.90 Å². The van der Waals surface area contributed by atoms with Crippen LogP contribution in [0.4, 0.5) is 5.69 Å². The van der Waals surface area contributed by atoms with Crippen molar-refractivity contribution in [1.82, 2.24) is 14.7 Å². The summed E-state index contributed by atoms with van der Waals surface area (Å²) in [5.41, 5.74) is 5.80. The summed E-state index contributed by atoms with van der Waals surface area (Å²) < 4.78 is 2.01. The zero-order valence-electron chi connectivity index (χ0n) is 18.6. The van der Waals surface area contributed by atoms with E-state index in [-0.39, 0.29) is 23.8 Å². The molecule has 31 heavy (non-hydrogen) atoms. The Bertz CT molecular complexity index is 988. The lowest BCUT2D eigenvalue weighted by Gasteiger charge is -2.31. The molecule has 1 unspecified atom stereocenters. The predicted molar refractivity (Wildman–Crippen MR) is 120 cm³/mol. The van der Waals surface area contributed by atoms with Crippen molar-refractivity contribution >= 4 is 17.5 Å². The minimum Gasteiger partial charge on any atom is -0.333 e. The summed E-state index contributed by atoms with van der Waals surface area (Å²) in [7, 11) is 2.02. The third kappa shape index (κ3) is 3.77. The van der Waals surface area contributed by atoms with E-state index < -0.39 is 0 Å². The Morgan fingerprint density at radius 1 is 1.13 bits per heavy atom. The minimum absolute atomic E-state index is 0.0484. The van der Waals surface area contributed by atoms with Gasteiger partial charge in [0.15, 0.2) is 0 Å². The molecule has 2 amide bonds. The lowest BCUT2D eigenvalue weighted by molar-refractivity contribution is -0.138. The van der Waals surface area contributed by atoms with Gasteiger partial charge in [0.1, 0.15) is 0 Å². The summed E-state index contributed by atoms with van der Waals surface area (Å²) in [6, 6.07) is 8.27. The number of benzene rings is 1. The molecular formula is C25H32N4O2. The molecule has 2 heterocycles. The second-order valence-corrected chi connectivity index (χ2v) is 9.49. The maximum atomic E-state index is 13.7. The van der Waals surface area contributed by atoms with Crippen molar-refractivity contribution in [2.75, 3.05) is 11.4 Å².